The van der Waals surface area contributed by atoms with Crippen molar-refractivity contribution in [3.63, 3.8) is 0 Å². The molecule has 0 saturated carbocycles. The molecule has 0 radical (unpaired) electrons. The van der Waals surface area contributed by atoms with Gasteiger partial charge in [0.1, 0.15) is 0 Å². The molecule has 2 aliphatic rings. The maximum Gasteiger partial charge on any atom is 0.246 e. The lowest BCUT2D eigenvalue weighted by Crippen LogP contribution is -2.42. The first-order chi connectivity index (χ1) is 14.1. The molecule has 2 aliphatic heterocycles. The number of rotatable bonds is 4. The number of hydrogen-bond donors (Lipinski definition) is 2. The largest absolute Gasteiger partial charge is 0.374 e. The predicted octanol–water partition coefficient (Wildman–Crippen LogP) is 3.85. The standard InChI is InChI=1S/C23H28N4O2/c1-17-15-22(28)25-19-10-4-6-12-21(19)27(17)23(29)16-24-18-9-3-5-11-20(18)26-13-7-2-8-14-26/h3-6,9-12,17,24H,2,7-8,13-16H2,1H3,(H,25,28). The Morgan fingerprint density at radius 3 is 2.52 bits per heavy atom. The molecule has 1 unspecified atom stereocenters. The molecule has 6 nitrogen and oxygen atoms in total. The fraction of sp³-hybridized carbons (Fsp3) is 0.391. The van der Waals surface area contributed by atoms with E-state index in [1.807, 2.05) is 49.4 Å². The number of carbonyl (C=O) groups excluding carboxylic acids is 2. The van der Waals surface area contributed by atoms with Crippen molar-refractivity contribution >= 4 is 34.6 Å². The molecule has 1 saturated heterocycles. The topological polar surface area (TPSA) is 64.7 Å². The lowest BCUT2D eigenvalue weighted by atomic mass is 10.1. The van der Waals surface area contributed by atoms with Crippen molar-refractivity contribution in [2.24, 2.45) is 0 Å². The van der Waals surface area contributed by atoms with Gasteiger partial charge in [-0.25, -0.2) is 0 Å². The summed E-state index contributed by atoms with van der Waals surface area (Å²) in [4.78, 5) is 29.5. The number of benzene rings is 2. The molecule has 2 N–H and O–H groups in total. The van der Waals surface area contributed by atoms with Crippen molar-refractivity contribution in [1.29, 1.82) is 0 Å². The van der Waals surface area contributed by atoms with Crippen molar-refractivity contribution in [3.8, 4) is 0 Å². The van der Waals surface area contributed by atoms with Crippen molar-refractivity contribution in [2.45, 2.75) is 38.6 Å². The highest BCUT2D eigenvalue weighted by Gasteiger charge is 2.29. The molecule has 0 bridgehead atoms. The number of amides is 2. The Labute approximate surface area is 171 Å². The molecule has 29 heavy (non-hydrogen) atoms. The predicted molar refractivity (Wildman–Crippen MR) is 118 cm³/mol. The van der Waals surface area contributed by atoms with E-state index < -0.39 is 0 Å². The van der Waals surface area contributed by atoms with E-state index in [0.717, 1.165) is 30.2 Å². The minimum absolute atomic E-state index is 0.0464. The number of nitrogens with one attached hydrogen (secondary N) is 2. The summed E-state index contributed by atoms with van der Waals surface area (Å²) in [5, 5.41) is 6.26. The first-order valence-corrected chi connectivity index (χ1v) is 10.4. The molecule has 2 heterocycles. The summed E-state index contributed by atoms with van der Waals surface area (Å²) in [6, 6.07) is 15.5. The molecule has 0 spiro atoms. The van der Waals surface area contributed by atoms with Crippen LogP contribution >= 0.6 is 0 Å². The van der Waals surface area contributed by atoms with Gasteiger partial charge in [-0.3, -0.25) is 9.59 Å². The Balaban J connectivity index is 1.52. The quantitative estimate of drug-likeness (QED) is 0.829. The fourth-order valence-electron chi connectivity index (χ4n) is 4.26. The molecular weight excluding hydrogens is 364 g/mol. The third-order valence-electron chi connectivity index (χ3n) is 5.66. The zero-order valence-electron chi connectivity index (χ0n) is 16.9. The molecule has 4 rings (SSSR count). The first-order valence-electron chi connectivity index (χ1n) is 10.4. The molecule has 2 aromatic rings. The maximum absolute atomic E-state index is 13.2. The van der Waals surface area contributed by atoms with Gasteiger partial charge in [-0.2, -0.15) is 0 Å². The maximum atomic E-state index is 13.2. The minimum Gasteiger partial charge on any atom is -0.374 e. The number of nitrogens with zero attached hydrogens (tertiary/aromatic N) is 2. The second-order valence-electron chi connectivity index (χ2n) is 7.80. The van der Waals surface area contributed by atoms with Gasteiger partial charge in [0.15, 0.2) is 0 Å². The molecule has 152 valence electrons. The molecule has 2 aromatic carbocycles. The summed E-state index contributed by atoms with van der Waals surface area (Å²) < 4.78 is 0. The van der Waals surface area contributed by atoms with Gasteiger partial charge in [-0.15, -0.1) is 0 Å². The van der Waals surface area contributed by atoms with Crippen molar-refractivity contribution in [3.05, 3.63) is 48.5 Å². The Bertz CT molecular complexity index is 892. The van der Waals surface area contributed by atoms with E-state index in [9.17, 15) is 9.59 Å². The van der Waals surface area contributed by atoms with E-state index in [4.69, 9.17) is 0 Å². The van der Waals surface area contributed by atoms with E-state index in [0.29, 0.717) is 5.69 Å². The molecule has 2 amide bonds. The summed E-state index contributed by atoms with van der Waals surface area (Å²) >= 11 is 0. The van der Waals surface area contributed by atoms with Crippen LogP contribution in [0.1, 0.15) is 32.6 Å². The van der Waals surface area contributed by atoms with Gasteiger partial charge in [0, 0.05) is 25.6 Å². The van der Waals surface area contributed by atoms with Crippen LogP contribution in [0.2, 0.25) is 0 Å². The number of para-hydroxylation sites is 4. The minimum atomic E-state index is -0.203. The third-order valence-corrected chi connectivity index (χ3v) is 5.66. The van der Waals surface area contributed by atoms with Crippen LogP contribution in [0.3, 0.4) is 0 Å². The van der Waals surface area contributed by atoms with Gasteiger partial charge < -0.3 is 20.4 Å². The summed E-state index contributed by atoms with van der Waals surface area (Å²) in [7, 11) is 0. The number of fused-ring (bicyclic) bond motifs is 1. The highest BCUT2D eigenvalue weighted by molar-refractivity contribution is 6.05. The Kier molecular flexibility index (Phi) is 5.69. The van der Waals surface area contributed by atoms with Crippen molar-refractivity contribution < 1.29 is 9.59 Å². The number of hydrogen-bond acceptors (Lipinski definition) is 4. The smallest absolute Gasteiger partial charge is 0.246 e. The van der Waals surface area contributed by atoms with E-state index in [-0.39, 0.29) is 30.8 Å². The van der Waals surface area contributed by atoms with Crippen molar-refractivity contribution in [2.75, 3.05) is 40.1 Å². The molecule has 1 fully saturated rings. The second kappa shape index (κ2) is 8.55. The van der Waals surface area contributed by atoms with E-state index in [1.54, 1.807) is 4.90 Å². The molecule has 1 atom stereocenters. The van der Waals surface area contributed by atoms with Gasteiger partial charge in [0.05, 0.1) is 29.3 Å². The molecule has 6 heteroatoms. The zero-order chi connectivity index (χ0) is 20.2. The SMILES string of the molecule is CC1CC(=O)Nc2ccccc2N1C(=O)CNc1ccccc1N1CCCCC1. The van der Waals surface area contributed by atoms with Crippen molar-refractivity contribution in [1.82, 2.24) is 0 Å². The van der Waals surface area contributed by atoms with Crippen LogP contribution < -0.4 is 20.4 Å². The number of carbonyl (C=O) groups is 2. The summed E-state index contributed by atoms with van der Waals surface area (Å²) in [6.07, 6.45) is 3.97. The van der Waals surface area contributed by atoms with Gasteiger partial charge in [-0.05, 0) is 50.5 Å². The normalized spacial score (nSPS) is 19.2. The number of piperidine rings is 1. The second-order valence-corrected chi connectivity index (χ2v) is 7.80. The van der Waals surface area contributed by atoms with E-state index >= 15 is 0 Å². The monoisotopic (exact) mass is 392 g/mol. The van der Waals surface area contributed by atoms with Gasteiger partial charge in [0.2, 0.25) is 11.8 Å². The Morgan fingerprint density at radius 2 is 1.72 bits per heavy atom. The van der Waals surface area contributed by atoms with Gasteiger partial charge in [0.25, 0.3) is 0 Å². The highest BCUT2D eigenvalue weighted by Crippen LogP contribution is 2.32. The Hall–Kier alpha value is -3.02. The average molecular weight is 393 g/mol. The van der Waals surface area contributed by atoms with Crippen LogP contribution in [-0.4, -0.2) is 37.5 Å². The lowest BCUT2D eigenvalue weighted by Gasteiger charge is -2.31. The van der Waals surface area contributed by atoms with E-state index in [2.05, 4.69) is 21.6 Å². The fourth-order valence-corrected chi connectivity index (χ4v) is 4.26. The van der Waals surface area contributed by atoms with Gasteiger partial charge in [-0.1, -0.05) is 24.3 Å². The first kappa shape index (κ1) is 19.3. The van der Waals surface area contributed by atoms with Crippen LogP contribution in [0, 0.1) is 0 Å². The summed E-state index contributed by atoms with van der Waals surface area (Å²) in [5.74, 6) is -0.112. The lowest BCUT2D eigenvalue weighted by molar-refractivity contribution is -0.118. The highest BCUT2D eigenvalue weighted by atomic mass is 16.2. The van der Waals surface area contributed by atoms with Crippen LogP contribution in [0.5, 0.6) is 0 Å². The van der Waals surface area contributed by atoms with Crippen LogP contribution in [0.4, 0.5) is 22.7 Å². The molecule has 0 aromatic heterocycles. The Morgan fingerprint density at radius 1 is 1.03 bits per heavy atom. The van der Waals surface area contributed by atoms with Gasteiger partial charge >= 0.3 is 0 Å². The van der Waals surface area contributed by atoms with E-state index in [1.165, 1.54) is 19.3 Å². The summed E-state index contributed by atoms with van der Waals surface area (Å²) in [6.45, 7) is 4.20. The van der Waals surface area contributed by atoms with Crippen LogP contribution in [0.15, 0.2) is 48.5 Å². The molecule has 0 aliphatic carbocycles. The zero-order valence-corrected chi connectivity index (χ0v) is 16.9. The average Bonchev–Trinajstić information content (AvgIpc) is 2.87. The van der Waals surface area contributed by atoms with Crippen LogP contribution in [-0.2, 0) is 9.59 Å². The summed E-state index contributed by atoms with van der Waals surface area (Å²) in [5.41, 5.74) is 3.57. The third kappa shape index (κ3) is 4.21. The molecular formula is C23H28N4O2. The number of anilines is 4. The van der Waals surface area contributed by atoms with Crippen LogP contribution in [0.25, 0.3) is 0 Å².